The second-order valence-corrected chi connectivity index (χ2v) is 2.70. The summed E-state index contributed by atoms with van der Waals surface area (Å²) in [6.45, 7) is 5.30. The highest BCUT2D eigenvalue weighted by molar-refractivity contribution is 5.15. The zero-order valence-corrected chi connectivity index (χ0v) is 8.00. The van der Waals surface area contributed by atoms with Crippen LogP contribution in [0.15, 0.2) is 18.3 Å². The molecule has 0 N–H and O–H groups in total. The first-order valence-corrected chi connectivity index (χ1v) is 4.38. The molecule has 12 heavy (non-hydrogen) atoms. The highest BCUT2D eigenvalue weighted by atomic mass is 16.5. The average Bonchev–Trinajstić information content (AvgIpc) is 2.16. The molecule has 0 atom stereocenters. The highest BCUT2D eigenvalue weighted by Crippen LogP contribution is 2.06. The monoisotopic (exact) mass is 166 g/mol. The molecule has 0 spiro atoms. The highest BCUT2D eigenvalue weighted by Gasteiger charge is 2.07. The van der Waals surface area contributed by atoms with E-state index in [9.17, 15) is 0 Å². The summed E-state index contributed by atoms with van der Waals surface area (Å²) in [6.07, 6.45) is 3.11. The van der Waals surface area contributed by atoms with Gasteiger partial charge in [-0.25, -0.2) is 0 Å². The van der Waals surface area contributed by atoms with Crippen molar-refractivity contribution in [2.45, 2.75) is 26.8 Å². The van der Waals surface area contributed by atoms with Crippen LogP contribution in [0.25, 0.3) is 0 Å². The Labute approximate surface area is 73.8 Å². The Morgan fingerprint density at radius 1 is 1.33 bits per heavy atom. The third kappa shape index (κ3) is 1.76. The molecule has 0 saturated carbocycles. The van der Waals surface area contributed by atoms with E-state index in [4.69, 9.17) is 4.74 Å². The molecule has 0 aromatic carbocycles. The fourth-order valence-corrected chi connectivity index (χ4v) is 1.29. The van der Waals surface area contributed by atoms with Crippen molar-refractivity contribution in [3.8, 4) is 5.75 Å². The number of aryl methyl sites for hydroxylation is 2. The van der Waals surface area contributed by atoms with Crippen molar-refractivity contribution in [3.05, 3.63) is 24.0 Å². The number of methoxy groups -OCH3 is 1. The van der Waals surface area contributed by atoms with E-state index in [1.807, 2.05) is 12.3 Å². The van der Waals surface area contributed by atoms with E-state index in [0.717, 1.165) is 18.7 Å². The van der Waals surface area contributed by atoms with Gasteiger partial charge in [0.05, 0.1) is 7.11 Å². The second kappa shape index (κ2) is 4.10. The quantitative estimate of drug-likeness (QED) is 0.621. The maximum atomic E-state index is 5.14. The Kier molecular flexibility index (Phi) is 3.09. The Bertz CT molecular complexity index is 258. The zero-order valence-electron chi connectivity index (χ0n) is 8.00. The first-order chi connectivity index (χ1) is 5.81. The lowest BCUT2D eigenvalue weighted by atomic mass is 10.2. The molecule has 0 bridgehead atoms. The van der Waals surface area contributed by atoms with Crippen LogP contribution >= 0.6 is 0 Å². The van der Waals surface area contributed by atoms with Gasteiger partial charge in [-0.3, -0.25) is 0 Å². The van der Waals surface area contributed by atoms with Gasteiger partial charge in [0, 0.05) is 12.5 Å². The van der Waals surface area contributed by atoms with Crippen LogP contribution in [0.1, 0.15) is 19.5 Å². The van der Waals surface area contributed by atoms with Crippen LogP contribution in [-0.2, 0) is 13.0 Å². The number of nitrogens with zero attached hydrogens (tertiary/aromatic N) is 1. The van der Waals surface area contributed by atoms with Crippen LogP contribution in [0.3, 0.4) is 0 Å². The van der Waals surface area contributed by atoms with Gasteiger partial charge >= 0.3 is 0 Å². The minimum Gasteiger partial charge on any atom is -0.491 e. The van der Waals surface area contributed by atoms with Gasteiger partial charge in [0.25, 0.3) is 0 Å². The molecule has 0 radical (unpaired) electrons. The Hall–Kier alpha value is -1.05. The third-order valence-corrected chi connectivity index (χ3v) is 2.03. The standard InChI is InChI=1S/C10H16NO/c1-4-9-6-7-10(12-3)8-11(9)5-2/h6-8H,4-5H2,1-3H3/q+1. The van der Waals surface area contributed by atoms with E-state index in [2.05, 4.69) is 24.5 Å². The van der Waals surface area contributed by atoms with Gasteiger partial charge in [-0.05, 0) is 13.0 Å². The van der Waals surface area contributed by atoms with Crippen molar-refractivity contribution in [1.82, 2.24) is 0 Å². The normalized spacial score (nSPS) is 9.92. The smallest absolute Gasteiger partial charge is 0.211 e. The van der Waals surface area contributed by atoms with E-state index >= 15 is 0 Å². The maximum absolute atomic E-state index is 5.14. The van der Waals surface area contributed by atoms with Crippen molar-refractivity contribution in [1.29, 1.82) is 0 Å². The largest absolute Gasteiger partial charge is 0.491 e. The number of pyridine rings is 1. The summed E-state index contributed by atoms with van der Waals surface area (Å²) in [5.74, 6) is 0.925. The molecule has 2 heteroatoms. The van der Waals surface area contributed by atoms with Gasteiger partial charge in [-0.1, -0.05) is 6.92 Å². The molecule has 0 saturated heterocycles. The predicted octanol–water partition coefficient (Wildman–Crippen LogP) is 1.56. The zero-order chi connectivity index (χ0) is 8.97. The lowest BCUT2D eigenvalue weighted by molar-refractivity contribution is -0.700. The maximum Gasteiger partial charge on any atom is 0.211 e. The third-order valence-electron chi connectivity index (χ3n) is 2.03. The minimum atomic E-state index is 0.925. The van der Waals surface area contributed by atoms with Gasteiger partial charge in [0.15, 0.2) is 11.4 Å². The fourth-order valence-electron chi connectivity index (χ4n) is 1.29. The van der Waals surface area contributed by atoms with Crippen LogP contribution in [-0.4, -0.2) is 7.11 Å². The molecule has 0 aliphatic heterocycles. The number of hydrogen-bond acceptors (Lipinski definition) is 1. The Morgan fingerprint density at radius 2 is 2.08 bits per heavy atom. The van der Waals surface area contributed by atoms with Crippen LogP contribution in [0, 0.1) is 0 Å². The van der Waals surface area contributed by atoms with Crippen LogP contribution in [0.2, 0.25) is 0 Å². The summed E-state index contributed by atoms with van der Waals surface area (Å²) in [4.78, 5) is 0. The summed E-state index contributed by atoms with van der Waals surface area (Å²) in [7, 11) is 1.70. The molecule has 1 rings (SSSR count). The van der Waals surface area contributed by atoms with Gasteiger partial charge < -0.3 is 4.74 Å². The van der Waals surface area contributed by atoms with Crippen molar-refractivity contribution < 1.29 is 9.30 Å². The van der Waals surface area contributed by atoms with Crippen LogP contribution in [0.4, 0.5) is 0 Å². The molecule has 1 aromatic rings. The SMILES string of the molecule is CCc1ccc(OC)c[n+]1CC. The molecule has 0 aliphatic rings. The first kappa shape index (κ1) is 9.04. The van der Waals surface area contributed by atoms with Crippen molar-refractivity contribution in [2.24, 2.45) is 0 Å². The number of aromatic nitrogens is 1. The van der Waals surface area contributed by atoms with E-state index in [-0.39, 0.29) is 0 Å². The van der Waals surface area contributed by atoms with Crippen molar-refractivity contribution in [3.63, 3.8) is 0 Å². The molecule has 1 heterocycles. The number of ether oxygens (including phenoxy) is 1. The van der Waals surface area contributed by atoms with Crippen LogP contribution in [0.5, 0.6) is 5.75 Å². The molecular weight excluding hydrogens is 150 g/mol. The fraction of sp³-hybridized carbons (Fsp3) is 0.500. The van der Waals surface area contributed by atoms with E-state index < -0.39 is 0 Å². The summed E-state index contributed by atoms with van der Waals surface area (Å²) >= 11 is 0. The molecule has 2 nitrogen and oxygen atoms in total. The molecule has 0 amide bonds. The van der Waals surface area contributed by atoms with Crippen molar-refractivity contribution >= 4 is 0 Å². The van der Waals surface area contributed by atoms with Gasteiger partial charge in [-0.15, -0.1) is 0 Å². The average molecular weight is 166 g/mol. The van der Waals surface area contributed by atoms with Crippen LogP contribution < -0.4 is 9.30 Å². The molecule has 1 aromatic heterocycles. The summed E-state index contributed by atoms with van der Waals surface area (Å²) in [6, 6.07) is 4.12. The summed E-state index contributed by atoms with van der Waals surface area (Å²) in [5, 5.41) is 0. The number of hydrogen-bond donors (Lipinski definition) is 0. The second-order valence-electron chi connectivity index (χ2n) is 2.70. The van der Waals surface area contributed by atoms with Crippen molar-refractivity contribution in [2.75, 3.05) is 7.11 Å². The first-order valence-electron chi connectivity index (χ1n) is 4.38. The van der Waals surface area contributed by atoms with Gasteiger partial charge in [-0.2, -0.15) is 4.57 Å². The molecule has 0 aliphatic carbocycles. The summed E-state index contributed by atoms with van der Waals surface area (Å²) < 4.78 is 7.34. The predicted molar refractivity (Wildman–Crippen MR) is 48.2 cm³/mol. The van der Waals surface area contributed by atoms with E-state index in [0.29, 0.717) is 0 Å². The lowest BCUT2D eigenvalue weighted by Crippen LogP contribution is -2.36. The Balaban J connectivity index is 3.02. The number of rotatable bonds is 3. The lowest BCUT2D eigenvalue weighted by Gasteiger charge is -2.01. The van der Waals surface area contributed by atoms with Gasteiger partial charge in [0.2, 0.25) is 6.20 Å². The van der Waals surface area contributed by atoms with Gasteiger partial charge in [0.1, 0.15) is 6.54 Å². The topological polar surface area (TPSA) is 13.1 Å². The molecule has 0 fully saturated rings. The molecule has 66 valence electrons. The van der Waals surface area contributed by atoms with E-state index in [1.54, 1.807) is 7.11 Å². The van der Waals surface area contributed by atoms with E-state index in [1.165, 1.54) is 5.69 Å². The summed E-state index contributed by atoms with van der Waals surface area (Å²) in [5.41, 5.74) is 1.35. The Morgan fingerprint density at radius 3 is 2.58 bits per heavy atom. The molecule has 0 unspecified atom stereocenters. The minimum absolute atomic E-state index is 0.925. The molecular formula is C10H16NO+.